The monoisotopic (exact) mass is 212 g/mol. The Hall–Kier alpha value is -0.940. The van der Waals surface area contributed by atoms with Gasteiger partial charge in [-0.25, -0.2) is 13.4 Å². The van der Waals surface area contributed by atoms with Gasteiger partial charge in [-0.2, -0.15) is 0 Å². The van der Waals surface area contributed by atoms with E-state index < -0.39 is 9.84 Å². The second-order valence-corrected chi connectivity index (χ2v) is 5.42. The van der Waals surface area contributed by atoms with Crippen LogP contribution in [0.2, 0.25) is 0 Å². The number of rotatable bonds is 1. The van der Waals surface area contributed by atoms with Gasteiger partial charge in [-0.1, -0.05) is 6.07 Å². The van der Waals surface area contributed by atoms with E-state index in [1.807, 2.05) is 6.07 Å². The summed E-state index contributed by atoms with van der Waals surface area (Å²) in [5, 5.41) is 3.39. The van der Waals surface area contributed by atoms with Gasteiger partial charge in [0.15, 0.2) is 14.9 Å². The SMILES string of the molecule is CS(=O)(=O)c1ccc2c(n1)CCNC2. The highest BCUT2D eigenvalue weighted by molar-refractivity contribution is 7.90. The summed E-state index contributed by atoms with van der Waals surface area (Å²) < 4.78 is 22.5. The summed E-state index contributed by atoms with van der Waals surface area (Å²) in [5.74, 6) is 0. The van der Waals surface area contributed by atoms with Crippen LogP contribution in [0, 0.1) is 0 Å². The van der Waals surface area contributed by atoms with Gasteiger partial charge in [-0.15, -0.1) is 0 Å². The molecule has 0 bridgehead atoms. The Bertz CT molecular complexity index is 454. The largest absolute Gasteiger partial charge is 0.312 e. The van der Waals surface area contributed by atoms with Crippen molar-refractivity contribution in [1.82, 2.24) is 10.3 Å². The third-order valence-corrected chi connectivity index (χ3v) is 3.26. The minimum Gasteiger partial charge on any atom is -0.312 e. The van der Waals surface area contributed by atoms with E-state index in [0.717, 1.165) is 30.8 Å². The summed E-state index contributed by atoms with van der Waals surface area (Å²) in [6.45, 7) is 1.65. The molecule has 0 saturated carbocycles. The summed E-state index contributed by atoms with van der Waals surface area (Å²) in [5.41, 5.74) is 2.01. The van der Waals surface area contributed by atoms with E-state index in [1.54, 1.807) is 6.07 Å². The number of hydrogen-bond acceptors (Lipinski definition) is 4. The molecule has 1 N–H and O–H groups in total. The Morgan fingerprint density at radius 3 is 2.93 bits per heavy atom. The van der Waals surface area contributed by atoms with Crippen LogP contribution in [0.25, 0.3) is 0 Å². The highest BCUT2D eigenvalue weighted by Crippen LogP contribution is 2.14. The molecule has 0 spiro atoms. The fourth-order valence-electron chi connectivity index (χ4n) is 1.52. The summed E-state index contributed by atoms with van der Waals surface area (Å²) in [4.78, 5) is 4.16. The maximum atomic E-state index is 11.2. The molecule has 2 heterocycles. The smallest absolute Gasteiger partial charge is 0.192 e. The number of nitrogens with one attached hydrogen (secondary N) is 1. The lowest BCUT2D eigenvalue weighted by molar-refractivity contribution is 0.591. The molecule has 5 heteroatoms. The van der Waals surface area contributed by atoms with E-state index in [4.69, 9.17) is 0 Å². The zero-order valence-electron chi connectivity index (χ0n) is 7.95. The first-order valence-electron chi connectivity index (χ1n) is 4.47. The number of pyridine rings is 1. The molecule has 0 unspecified atom stereocenters. The predicted molar refractivity (Wildman–Crippen MR) is 52.8 cm³/mol. The molecule has 0 atom stereocenters. The Balaban J connectivity index is 2.49. The Labute approximate surface area is 83.3 Å². The Morgan fingerprint density at radius 2 is 2.21 bits per heavy atom. The fourth-order valence-corrected chi connectivity index (χ4v) is 2.12. The van der Waals surface area contributed by atoms with Gasteiger partial charge in [0.2, 0.25) is 0 Å². The van der Waals surface area contributed by atoms with Crippen LogP contribution in [0.3, 0.4) is 0 Å². The highest BCUT2D eigenvalue weighted by Gasteiger charge is 2.14. The topological polar surface area (TPSA) is 59.1 Å². The second-order valence-electron chi connectivity index (χ2n) is 3.45. The van der Waals surface area contributed by atoms with Crippen LogP contribution in [-0.2, 0) is 22.8 Å². The molecule has 1 aromatic heterocycles. The van der Waals surface area contributed by atoms with Crippen LogP contribution >= 0.6 is 0 Å². The summed E-state index contributed by atoms with van der Waals surface area (Å²) >= 11 is 0. The maximum absolute atomic E-state index is 11.2. The number of aromatic nitrogens is 1. The molecule has 1 aliphatic heterocycles. The molecule has 0 saturated heterocycles. The Morgan fingerprint density at radius 1 is 1.43 bits per heavy atom. The molecular weight excluding hydrogens is 200 g/mol. The van der Waals surface area contributed by atoms with E-state index in [-0.39, 0.29) is 5.03 Å². The van der Waals surface area contributed by atoms with Crippen molar-refractivity contribution in [2.24, 2.45) is 0 Å². The van der Waals surface area contributed by atoms with Crippen molar-refractivity contribution in [2.45, 2.75) is 18.0 Å². The van der Waals surface area contributed by atoms with Gasteiger partial charge >= 0.3 is 0 Å². The van der Waals surface area contributed by atoms with Crippen molar-refractivity contribution in [2.75, 3.05) is 12.8 Å². The first kappa shape index (κ1) is 9.61. The standard InChI is InChI=1S/C9H12N2O2S/c1-14(12,13)9-3-2-7-6-10-5-4-8(7)11-9/h2-3,10H,4-6H2,1H3. The number of fused-ring (bicyclic) bond motifs is 1. The average molecular weight is 212 g/mol. The highest BCUT2D eigenvalue weighted by atomic mass is 32.2. The minimum atomic E-state index is -3.17. The lowest BCUT2D eigenvalue weighted by Gasteiger charge is -2.16. The van der Waals surface area contributed by atoms with Crippen molar-refractivity contribution in [3.05, 3.63) is 23.4 Å². The number of nitrogens with zero attached hydrogens (tertiary/aromatic N) is 1. The van der Waals surface area contributed by atoms with E-state index in [9.17, 15) is 8.42 Å². The molecule has 14 heavy (non-hydrogen) atoms. The van der Waals surface area contributed by atoms with Crippen LogP contribution in [0.15, 0.2) is 17.2 Å². The van der Waals surface area contributed by atoms with Crippen LogP contribution in [0.5, 0.6) is 0 Å². The zero-order valence-corrected chi connectivity index (χ0v) is 8.76. The van der Waals surface area contributed by atoms with Gasteiger partial charge in [0.25, 0.3) is 0 Å². The normalized spacial score (nSPS) is 16.4. The molecule has 0 radical (unpaired) electrons. The molecule has 1 aliphatic rings. The van der Waals surface area contributed by atoms with Crippen LogP contribution < -0.4 is 5.32 Å². The lowest BCUT2D eigenvalue weighted by Crippen LogP contribution is -2.25. The van der Waals surface area contributed by atoms with E-state index in [0.29, 0.717) is 0 Å². The van der Waals surface area contributed by atoms with Crippen molar-refractivity contribution in [1.29, 1.82) is 0 Å². The summed E-state index contributed by atoms with van der Waals surface area (Å²) in [7, 11) is -3.17. The second kappa shape index (κ2) is 3.33. The molecule has 2 rings (SSSR count). The van der Waals surface area contributed by atoms with Crippen LogP contribution in [0.4, 0.5) is 0 Å². The molecule has 0 fully saturated rings. The van der Waals surface area contributed by atoms with E-state index >= 15 is 0 Å². The van der Waals surface area contributed by atoms with Gasteiger partial charge in [0, 0.05) is 31.5 Å². The summed E-state index contributed by atoms with van der Waals surface area (Å²) in [6, 6.07) is 3.41. The van der Waals surface area contributed by atoms with Gasteiger partial charge in [-0.3, -0.25) is 0 Å². The van der Waals surface area contributed by atoms with Gasteiger partial charge in [-0.05, 0) is 11.6 Å². The molecule has 0 aromatic carbocycles. The van der Waals surface area contributed by atoms with E-state index in [1.165, 1.54) is 6.26 Å². The third-order valence-electron chi connectivity index (χ3n) is 2.28. The van der Waals surface area contributed by atoms with Crippen molar-refractivity contribution < 1.29 is 8.42 Å². The average Bonchev–Trinajstić information content (AvgIpc) is 2.16. The molecule has 0 amide bonds. The molecule has 4 nitrogen and oxygen atoms in total. The van der Waals surface area contributed by atoms with Crippen LogP contribution in [-0.4, -0.2) is 26.2 Å². The predicted octanol–water partition coefficient (Wildman–Crippen LogP) is 0.131. The maximum Gasteiger partial charge on any atom is 0.192 e. The van der Waals surface area contributed by atoms with Gasteiger partial charge < -0.3 is 5.32 Å². The Kier molecular flexibility index (Phi) is 2.28. The molecule has 76 valence electrons. The third kappa shape index (κ3) is 1.78. The summed E-state index contributed by atoms with van der Waals surface area (Å²) in [6.07, 6.45) is 1.99. The van der Waals surface area contributed by atoms with Crippen LogP contribution in [0.1, 0.15) is 11.3 Å². The van der Waals surface area contributed by atoms with Crippen molar-refractivity contribution >= 4 is 9.84 Å². The van der Waals surface area contributed by atoms with Gasteiger partial charge in [0.05, 0.1) is 0 Å². The fraction of sp³-hybridized carbons (Fsp3) is 0.444. The zero-order chi connectivity index (χ0) is 10.2. The molecule has 1 aromatic rings. The first-order valence-corrected chi connectivity index (χ1v) is 6.36. The number of sulfone groups is 1. The number of hydrogen-bond donors (Lipinski definition) is 1. The van der Waals surface area contributed by atoms with Gasteiger partial charge in [0.1, 0.15) is 0 Å². The first-order chi connectivity index (χ1) is 6.57. The minimum absolute atomic E-state index is 0.179. The van der Waals surface area contributed by atoms with Crippen molar-refractivity contribution in [3.63, 3.8) is 0 Å². The van der Waals surface area contributed by atoms with Crippen molar-refractivity contribution in [3.8, 4) is 0 Å². The van der Waals surface area contributed by atoms with E-state index in [2.05, 4.69) is 10.3 Å². The molecule has 0 aliphatic carbocycles. The quantitative estimate of drug-likeness (QED) is 0.719. The molecular formula is C9H12N2O2S. The lowest BCUT2D eigenvalue weighted by atomic mass is 10.1.